The Kier molecular flexibility index (Phi) is 8.29. The number of hydrogen-bond donors (Lipinski definition) is 1. The third-order valence-corrected chi connectivity index (χ3v) is 12.0. The number of aliphatic hydroxyl groups is 1. The summed E-state index contributed by atoms with van der Waals surface area (Å²) in [4.78, 5) is 15.1. The normalized spacial score (nSPS) is 18.9. The fourth-order valence-corrected chi connectivity index (χ4v) is 9.76. The zero-order chi connectivity index (χ0) is 25.6. The molecule has 1 N–H and O–H groups in total. The average molecular weight is 504 g/mol. The summed E-state index contributed by atoms with van der Waals surface area (Å²) in [5.41, 5.74) is 0.935. The van der Waals surface area contributed by atoms with Gasteiger partial charge in [0.15, 0.2) is 0 Å². The topological polar surface area (TPSA) is 59.0 Å². The van der Waals surface area contributed by atoms with E-state index < -0.39 is 26.7 Å². The number of benzene rings is 3. The van der Waals surface area contributed by atoms with Crippen LogP contribution < -0.4 is 10.4 Å². The summed E-state index contributed by atoms with van der Waals surface area (Å²) >= 11 is 0. The Labute approximate surface area is 215 Å². The van der Waals surface area contributed by atoms with Crippen LogP contribution in [0.2, 0.25) is 5.04 Å². The van der Waals surface area contributed by atoms with E-state index in [9.17, 15) is 9.90 Å². The van der Waals surface area contributed by atoms with Crippen LogP contribution in [0.25, 0.3) is 0 Å². The minimum Gasteiger partial charge on any atom is -0.444 e. The number of aliphatic hydroxyl groups excluding tert-OH is 1. The Morgan fingerprint density at radius 1 is 0.861 bits per heavy atom. The minimum atomic E-state index is -2.89. The molecule has 0 bridgehead atoms. The first-order valence-electron chi connectivity index (χ1n) is 12.8. The van der Waals surface area contributed by atoms with Gasteiger partial charge < -0.3 is 14.3 Å². The van der Waals surface area contributed by atoms with Crippen LogP contribution in [-0.4, -0.2) is 43.3 Å². The van der Waals surface area contributed by atoms with Gasteiger partial charge in [0.1, 0.15) is 12.8 Å². The van der Waals surface area contributed by atoms with Crippen LogP contribution in [0.5, 0.6) is 0 Å². The highest BCUT2D eigenvalue weighted by Crippen LogP contribution is 2.39. The fourth-order valence-electron chi connectivity index (χ4n) is 5.10. The van der Waals surface area contributed by atoms with E-state index in [0.717, 1.165) is 15.9 Å². The van der Waals surface area contributed by atoms with Gasteiger partial charge in [0.05, 0.1) is 6.10 Å². The number of hydrogen-bond acceptors (Lipinski definition) is 4. The summed E-state index contributed by atoms with van der Waals surface area (Å²) in [6, 6.07) is 30.5. The van der Waals surface area contributed by atoms with Crippen LogP contribution >= 0.6 is 0 Å². The molecule has 0 radical (unpaired) electrons. The maximum Gasteiger partial charge on any atom is 0.412 e. The summed E-state index contributed by atoms with van der Waals surface area (Å²) in [7, 11) is -2.89. The van der Waals surface area contributed by atoms with Gasteiger partial charge in [-0.25, -0.2) is 4.79 Å². The number of likely N-dealkylation sites (tertiary alicyclic amines) is 1. The van der Waals surface area contributed by atoms with Crippen molar-refractivity contribution in [3.8, 4) is 0 Å². The van der Waals surface area contributed by atoms with Crippen LogP contribution in [-0.2, 0) is 15.8 Å². The molecule has 5 nitrogen and oxygen atoms in total. The lowest BCUT2D eigenvalue weighted by molar-refractivity contribution is 0.00742. The third kappa shape index (κ3) is 5.72. The molecule has 3 aromatic carbocycles. The number of ether oxygens (including phenoxy) is 1. The maximum absolute atomic E-state index is 13.4. The van der Waals surface area contributed by atoms with Crippen molar-refractivity contribution in [3.63, 3.8) is 0 Å². The highest BCUT2D eigenvalue weighted by atomic mass is 28.4. The van der Waals surface area contributed by atoms with Crippen molar-refractivity contribution in [3.05, 3.63) is 96.6 Å². The summed E-state index contributed by atoms with van der Waals surface area (Å²) in [5, 5.41) is 12.6. The second kappa shape index (κ2) is 11.4. The molecule has 3 aromatic rings. The van der Waals surface area contributed by atoms with Crippen molar-refractivity contribution in [2.75, 3.05) is 6.54 Å². The Morgan fingerprint density at radius 2 is 1.39 bits per heavy atom. The first kappa shape index (κ1) is 26.1. The lowest BCUT2D eigenvalue weighted by Crippen LogP contribution is -2.69. The molecular weight excluding hydrogens is 466 g/mol. The van der Waals surface area contributed by atoms with Crippen LogP contribution in [0.1, 0.15) is 45.6 Å². The van der Waals surface area contributed by atoms with Gasteiger partial charge >= 0.3 is 6.09 Å². The summed E-state index contributed by atoms with van der Waals surface area (Å²) < 4.78 is 13.0. The van der Waals surface area contributed by atoms with Crippen LogP contribution in [0.15, 0.2) is 91.0 Å². The van der Waals surface area contributed by atoms with E-state index in [1.54, 1.807) is 4.90 Å². The van der Waals surface area contributed by atoms with Gasteiger partial charge in [-0.1, -0.05) is 112 Å². The summed E-state index contributed by atoms with van der Waals surface area (Å²) in [6.07, 6.45) is 0.244. The van der Waals surface area contributed by atoms with E-state index in [1.165, 1.54) is 0 Å². The summed E-state index contributed by atoms with van der Waals surface area (Å²) in [6.45, 7) is 7.26. The highest BCUT2D eigenvalue weighted by Gasteiger charge is 2.52. The SMILES string of the molecule is CC(C)(C)[Si](OC1CCC(O)CCN1C(=O)OCc1ccccc1)(c1ccccc1)c1ccccc1. The van der Waals surface area contributed by atoms with Crippen molar-refractivity contribution < 1.29 is 19.1 Å². The van der Waals surface area contributed by atoms with Gasteiger partial charge in [-0.15, -0.1) is 0 Å². The third-order valence-electron chi connectivity index (χ3n) is 6.97. The van der Waals surface area contributed by atoms with E-state index in [0.29, 0.717) is 25.8 Å². The molecule has 2 unspecified atom stereocenters. The molecule has 2 atom stereocenters. The zero-order valence-corrected chi connectivity index (χ0v) is 22.5. The van der Waals surface area contributed by atoms with Crippen molar-refractivity contribution in [1.29, 1.82) is 0 Å². The van der Waals surface area contributed by atoms with Gasteiger partial charge in [0.2, 0.25) is 0 Å². The molecule has 1 fully saturated rings. The van der Waals surface area contributed by atoms with Crippen molar-refractivity contribution in [1.82, 2.24) is 4.90 Å². The van der Waals surface area contributed by atoms with Crippen molar-refractivity contribution in [2.24, 2.45) is 0 Å². The maximum atomic E-state index is 13.4. The van der Waals surface area contributed by atoms with Gasteiger partial charge in [-0.3, -0.25) is 4.90 Å². The smallest absolute Gasteiger partial charge is 0.412 e. The molecule has 190 valence electrons. The number of carbonyl (C=O) groups excluding carboxylic acids is 1. The molecular formula is C30H37NO4Si. The molecule has 0 aliphatic carbocycles. The second-order valence-corrected chi connectivity index (χ2v) is 14.7. The molecule has 0 spiro atoms. The second-order valence-electron chi connectivity index (χ2n) is 10.5. The molecule has 36 heavy (non-hydrogen) atoms. The fraction of sp³-hybridized carbons (Fsp3) is 0.367. The first-order valence-corrected chi connectivity index (χ1v) is 14.7. The van der Waals surface area contributed by atoms with E-state index in [1.807, 2.05) is 42.5 Å². The lowest BCUT2D eigenvalue weighted by Gasteiger charge is -2.46. The number of rotatable bonds is 6. The molecule has 0 saturated carbocycles. The lowest BCUT2D eigenvalue weighted by atomic mass is 10.2. The van der Waals surface area contributed by atoms with Gasteiger partial charge in [-0.2, -0.15) is 0 Å². The molecule has 1 amide bonds. The van der Waals surface area contributed by atoms with E-state index in [4.69, 9.17) is 9.16 Å². The number of carbonyl (C=O) groups is 1. The quantitative estimate of drug-likeness (QED) is 0.477. The predicted molar refractivity (Wildman–Crippen MR) is 146 cm³/mol. The monoisotopic (exact) mass is 503 g/mol. The Balaban J connectivity index is 1.72. The molecule has 1 aliphatic heterocycles. The Bertz CT molecular complexity index is 1060. The van der Waals surface area contributed by atoms with Crippen LogP contribution in [0, 0.1) is 0 Å². The van der Waals surface area contributed by atoms with Gasteiger partial charge in [0, 0.05) is 6.54 Å². The Morgan fingerprint density at radius 3 is 1.92 bits per heavy atom. The molecule has 1 saturated heterocycles. The van der Waals surface area contributed by atoms with Crippen molar-refractivity contribution in [2.45, 2.75) is 64.0 Å². The van der Waals surface area contributed by atoms with Crippen molar-refractivity contribution >= 4 is 24.8 Å². The number of nitrogens with zero attached hydrogens (tertiary/aromatic N) is 1. The Hall–Kier alpha value is -2.93. The average Bonchev–Trinajstić information content (AvgIpc) is 3.07. The molecule has 1 aliphatic rings. The van der Waals surface area contributed by atoms with Crippen LogP contribution in [0.3, 0.4) is 0 Å². The zero-order valence-electron chi connectivity index (χ0n) is 21.5. The van der Waals surface area contributed by atoms with E-state index >= 15 is 0 Å². The molecule has 6 heteroatoms. The van der Waals surface area contributed by atoms with Crippen LogP contribution in [0.4, 0.5) is 4.79 Å². The van der Waals surface area contributed by atoms with Gasteiger partial charge in [0.25, 0.3) is 8.32 Å². The molecule has 1 heterocycles. The first-order chi connectivity index (χ1) is 17.3. The standard InChI is InChI=1S/C30H37NO4Si/c1-30(2,3)36(26-15-9-5-10-16-26,27-17-11-6-12-18-27)35-28-20-19-25(32)21-22-31(28)29(33)34-23-24-13-7-4-8-14-24/h4-18,25,28,32H,19-23H2,1-3H3. The molecule has 4 rings (SSSR count). The molecule has 0 aromatic heterocycles. The highest BCUT2D eigenvalue weighted by molar-refractivity contribution is 6.99. The van der Waals surface area contributed by atoms with E-state index in [-0.39, 0.29) is 11.6 Å². The largest absolute Gasteiger partial charge is 0.444 e. The van der Waals surface area contributed by atoms with E-state index in [2.05, 4.69) is 69.3 Å². The summed E-state index contributed by atoms with van der Waals surface area (Å²) in [5.74, 6) is 0. The van der Waals surface area contributed by atoms with Gasteiger partial charge in [-0.05, 0) is 40.2 Å². The predicted octanol–water partition coefficient (Wildman–Crippen LogP) is 5.07. The minimum absolute atomic E-state index is 0.199. The number of amides is 1.